The van der Waals surface area contributed by atoms with E-state index in [1.54, 1.807) is 48.5 Å². The van der Waals surface area contributed by atoms with E-state index in [2.05, 4.69) is 16.0 Å². The molecule has 0 aromatic heterocycles. The summed E-state index contributed by atoms with van der Waals surface area (Å²) in [6, 6.07) is 13.2. The Kier molecular flexibility index (Phi) is 5.51. The number of anilines is 2. The van der Waals surface area contributed by atoms with Crippen molar-refractivity contribution in [2.24, 2.45) is 5.73 Å². The van der Waals surface area contributed by atoms with Gasteiger partial charge in [-0.15, -0.1) is 0 Å². The summed E-state index contributed by atoms with van der Waals surface area (Å²) in [5.74, 6) is -1.05. The number of nitrogens with one attached hydrogen (secondary N) is 3. The molecule has 0 aliphatic carbocycles. The highest BCUT2D eigenvalue weighted by molar-refractivity contribution is 5.98. The van der Waals surface area contributed by atoms with Gasteiger partial charge in [0.05, 0.1) is 6.54 Å². The first-order valence-corrected chi connectivity index (χ1v) is 7.25. The maximum absolute atomic E-state index is 12.0. The van der Waals surface area contributed by atoms with Crippen LogP contribution in [0.5, 0.6) is 0 Å². The minimum absolute atomic E-state index is 0.00637. The summed E-state index contributed by atoms with van der Waals surface area (Å²) >= 11 is 0. The van der Waals surface area contributed by atoms with Crippen LogP contribution in [-0.2, 0) is 4.79 Å². The largest absolute Gasteiger partial charge is 0.376 e. The highest BCUT2D eigenvalue weighted by Crippen LogP contribution is 2.12. The van der Waals surface area contributed by atoms with Gasteiger partial charge in [-0.05, 0) is 36.4 Å². The van der Waals surface area contributed by atoms with E-state index in [0.29, 0.717) is 22.5 Å². The van der Waals surface area contributed by atoms with Crippen molar-refractivity contribution in [3.05, 3.63) is 59.7 Å². The van der Waals surface area contributed by atoms with E-state index in [4.69, 9.17) is 5.73 Å². The van der Waals surface area contributed by atoms with E-state index in [1.807, 2.05) is 0 Å². The summed E-state index contributed by atoms with van der Waals surface area (Å²) in [7, 11) is 1.54. The second-order valence-electron chi connectivity index (χ2n) is 5.01. The molecule has 0 saturated heterocycles. The number of carbonyl (C=O) groups excluding carboxylic acids is 3. The number of benzene rings is 2. The van der Waals surface area contributed by atoms with Crippen LogP contribution in [0.15, 0.2) is 48.5 Å². The first-order valence-electron chi connectivity index (χ1n) is 7.25. The zero-order valence-corrected chi connectivity index (χ0v) is 13.1. The number of hydrogen-bond donors (Lipinski definition) is 4. The number of rotatable bonds is 6. The maximum atomic E-state index is 12.0. The monoisotopic (exact) mass is 326 g/mol. The van der Waals surface area contributed by atoms with Crippen molar-refractivity contribution in [3.63, 3.8) is 0 Å². The topological polar surface area (TPSA) is 113 Å². The second kappa shape index (κ2) is 7.77. The maximum Gasteiger partial charge on any atom is 0.251 e. The van der Waals surface area contributed by atoms with E-state index in [-0.39, 0.29) is 18.4 Å². The van der Waals surface area contributed by atoms with Crippen LogP contribution < -0.4 is 21.7 Å². The second-order valence-corrected chi connectivity index (χ2v) is 5.01. The summed E-state index contributed by atoms with van der Waals surface area (Å²) in [6.45, 7) is 0.00637. The van der Waals surface area contributed by atoms with Crippen molar-refractivity contribution in [2.75, 3.05) is 24.2 Å². The van der Waals surface area contributed by atoms with Gasteiger partial charge >= 0.3 is 0 Å². The molecule has 5 N–H and O–H groups in total. The molecule has 2 rings (SSSR count). The molecule has 0 spiro atoms. The van der Waals surface area contributed by atoms with Crippen molar-refractivity contribution in [2.45, 2.75) is 0 Å². The average Bonchev–Trinajstić information content (AvgIpc) is 2.59. The molecular formula is C17H18N4O3. The zero-order valence-electron chi connectivity index (χ0n) is 13.1. The highest BCUT2D eigenvalue weighted by Gasteiger charge is 2.07. The molecule has 3 amide bonds. The standard InChI is InChI=1S/C17H18N4O3/c1-19-17(24)12-5-3-7-14(9-12)21-15(22)10-20-13-6-2-4-11(8-13)16(18)23/h2-9,20H,10H2,1H3,(H2,18,23)(H,19,24)(H,21,22). The van der Waals surface area contributed by atoms with Crippen molar-refractivity contribution < 1.29 is 14.4 Å². The number of hydrogen-bond acceptors (Lipinski definition) is 4. The minimum atomic E-state index is -0.533. The van der Waals surface area contributed by atoms with Gasteiger partial charge in [0, 0.05) is 29.5 Å². The van der Waals surface area contributed by atoms with Crippen LogP contribution in [0, 0.1) is 0 Å². The van der Waals surface area contributed by atoms with Gasteiger partial charge in [-0.25, -0.2) is 0 Å². The van der Waals surface area contributed by atoms with Crippen LogP contribution in [0.25, 0.3) is 0 Å². The Bertz CT molecular complexity index is 774. The number of carbonyl (C=O) groups is 3. The Morgan fingerprint density at radius 3 is 2.25 bits per heavy atom. The molecule has 0 unspecified atom stereocenters. The van der Waals surface area contributed by atoms with Gasteiger partial charge < -0.3 is 21.7 Å². The van der Waals surface area contributed by atoms with Crippen LogP contribution in [0.1, 0.15) is 20.7 Å². The fraction of sp³-hybridized carbons (Fsp3) is 0.118. The van der Waals surface area contributed by atoms with Gasteiger partial charge in [0.25, 0.3) is 5.91 Å². The summed E-state index contributed by atoms with van der Waals surface area (Å²) in [5, 5.41) is 8.13. The lowest BCUT2D eigenvalue weighted by atomic mass is 10.2. The summed E-state index contributed by atoms with van der Waals surface area (Å²) in [4.78, 5) is 34.7. The Hall–Kier alpha value is -3.35. The molecule has 0 atom stereocenters. The number of nitrogens with two attached hydrogens (primary N) is 1. The van der Waals surface area contributed by atoms with Gasteiger partial charge in [-0.1, -0.05) is 12.1 Å². The Morgan fingerprint density at radius 1 is 0.958 bits per heavy atom. The molecular weight excluding hydrogens is 308 g/mol. The molecule has 7 heteroatoms. The first-order chi connectivity index (χ1) is 11.5. The molecule has 0 saturated carbocycles. The van der Waals surface area contributed by atoms with Gasteiger partial charge in [-0.3, -0.25) is 14.4 Å². The highest BCUT2D eigenvalue weighted by atomic mass is 16.2. The average molecular weight is 326 g/mol. The van der Waals surface area contributed by atoms with E-state index in [1.165, 1.54) is 7.05 Å². The molecule has 0 radical (unpaired) electrons. The quantitative estimate of drug-likeness (QED) is 0.638. The van der Waals surface area contributed by atoms with Crippen LogP contribution in [0.4, 0.5) is 11.4 Å². The number of primary amides is 1. The number of amides is 3. The Balaban J connectivity index is 1.95. The molecule has 0 heterocycles. The van der Waals surface area contributed by atoms with Crippen molar-refractivity contribution in [1.29, 1.82) is 0 Å². The molecule has 2 aromatic rings. The van der Waals surface area contributed by atoms with Crippen LogP contribution in [-0.4, -0.2) is 31.3 Å². The molecule has 0 bridgehead atoms. The normalized spacial score (nSPS) is 9.88. The van der Waals surface area contributed by atoms with Gasteiger partial charge in [0.2, 0.25) is 11.8 Å². The van der Waals surface area contributed by atoms with Crippen molar-refractivity contribution in [3.8, 4) is 0 Å². The summed E-state index contributed by atoms with van der Waals surface area (Å²) in [6.07, 6.45) is 0. The van der Waals surface area contributed by atoms with E-state index in [9.17, 15) is 14.4 Å². The molecule has 0 aliphatic heterocycles. The van der Waals surface area contributed by atoms with Crippen molar-refractivity contribution >= 4 is 29.1 Å². The Labute approximate surface area is 139 Å². The minimum Gasteiger partial charge on any atom is -0.376 e. The first kappa shape index (κ1) is 17.0. The molecule has 7 nitrogen and oxygen atoms in total. The summed E-state index contributed by atoms with van der Waals surface area (Å²) in [5.41, 5.74) is 7.16. The van der Waals surface area contributed by atoms with Gasteiger partial charge in [0.1, 0.15) is 0 Å². The van der Waals surface area contributed by atoms with Gasteiger partial charge in [0.15, 0.2) is 0 Å². The lowest BCUT2D eigenvalue weighted by molar-refractivity contribution is -0.114. The SMILES string of the molecule is CNC(=O)c1cccc(NC(=O)CNc2cccc(C(N)=O)c2)c1. The van der Waals surface area contributed by atoms with Gasteiger partial charge in [-0.2, -0.15) is 0 Å². The smallest absolute Gasteiger partial charge is 0.251 e. The fourth-order valence-corrected chi connectivity index (χ4v) is 2.05. The predicted octanol–water partition coefficient (Wildman–Crippen LogP) is 1.20. The third-order valence-corrected chi connectivity index (χ3v) is 3.24. The van der Waals surface area contributed by atoms with E-state index < -0.39 is 5.91 Å². The fourth-order valence-electron chi connectivity index (χ4n) is 2.05. The Morgan fingerprint density at radius 2 is 1.58 bits per heavy atom. The lowest BCUT2D eigenvalue weighted by Crippen LogP contribution is -2.22. The van der Waals surface area contributed by atoms with E-state index in [0.717, 1.165) is 0 Å². The van der Waals surface area contributed by atoms with Crippen LogP contribution in [0.3, 0.4) is 0 Å². The molecule has 0 aliphatic rings. The van der Waals surface area contributed by atoms with Crippen LogP contribution >= 0.6 is 0 Å². The zero-order chi connectivity index (χ0) is 17.5. The molecule has 24 heavy (non-hydrogen) atoms. The molecule has 124 valence electrons. The van der Waals surface area contributed by atoms with Crippen LogP contribution in [0.2, 0.25) is 0 Å². The lowest BCUT2D eigenvalue weighted by Gasteiger charge is -2.09. The third kappa shape index (κ3) is 4.57. The third-order valence-electron chi connectivity index (χ3n) is 3.24. The molecule has 2 aromatic carbocycles. The molecule has 0 fully saturated rings. The predicted molar refractivity (Wildman–Crippen MR) is 91.9 cm³/mol. The van der Waals surface area contributed by atoms with Crippen molar-refractivity contribution in [1.82, 2.24) is 5.32 Å². The summed E-state index contributed by atoms with van der Waals surface area (Å²) < 4.78 is 0. The van der Waals surface area contributed by atoms with E-state index >= 15 is 0 Å².